The maximum absolute atomic E-state index is 11.9. The van der Waals surface area contributed by atoms with Gasteiger partial charge in [-0.05, 0) is 24.1 Å². The van der Waals surface area contributed by atoms with Gasteiger partial charge in [0.1, 0.15) is 11.5 Å². The summed E-state index contributed by atoms with van der Waals surface area (Å²) in [7, 11) is 0. The molecule has 2 N–H and O–H groups in total. The SMILES string of the molecule is CCCCOc1ccc(CNC(=O)C2=NNC(=O)CC2)cc1. The Morgan fingerprint density at radius 3 is 2.73 bits per heavy atom. The molecule has 0 aromatic heterocycles. The summed E-state index contributed by atoms with van der Waals surface area (Å²) in [5, 5.41) is 6.56. The summed E-state index contributed by atoms with van der Waals surface area (Å²) in [5.41, 5.74) is 3.66. The van der Waals surface area contributed by atoms with Gasteiger partial charge in [-0.2, -0.15) is 5.10 Å². The van der Waals surface area contributed by atoms with Crippen LogP contribution in [0.4, 0.5) is 0 Å². The summed E-state index contributed by atoms with van der Waals surface area (Å²) in [6, 6.07) is 7.64. The van der Waals surface area contributed by atoms with Crippen molar-refractivity contribution in [1.82, 2.24) is 10.7 Å². The zero-order valence-corrected chi connectivity index (χ0v) is 12.7. The number of rotatable bonds is 7. The van der Waals surface area contributed by atoms with Gasteiger partial charge in [0.25, 0.3) is 5.91 Å². The number of nitrogens with one attached hydrogen (secondary N) is 2. The van der Waals surface area contributed by atoms with Gasteiger partial charge >= 0.3 is 0 Å². The standard InChI is InChI=1S/C16H21N3O3/c1-2-3-10-22-13-6-4-12(5-7-13)11-17-16(21)14-8-9-15(20)19-18-14/h4-7H,2-3,8-11H2,1H3,(H,17,21)(H,19,20). The molecule has 0 bridgehead atoms. The lowest BCUT2D eigenvalue weighted by atomic mass is 10.1. The molecule has 6 heteroatoms. The van der Waals surface area contributed by atoms with Crippen LogP contribution in [0.5, 0.6) is 5.75 Å². The largest absolute Gasteiger partial charge is 0.494 e. The van der Waals surface area contributed by atoms with Crippen LogP contribution in [-0.4, -0.2) is 24.1 Å². The first-order chi connectivity index (χ1) is 10.7. The quantitative estimate of drug-likeness (QED) is 0.753. The van der Waals surface area contributed by atoms with Crippen molar-refractivity contribution in [3.05, 3.63) is 29.8 Å². The number of nitrogens with zero attached hydrogens (tertiary/aromatic N) is 1. The van der Waals surface area contributed by atoms with Crippen molar-refractivity contribution >= 4 is 17.5 Å². The third-order valence-electron chi connectivity index (χ3n) is 3.31. The van der Waals surface area contributed by atoms with Crippen molar-refractivity contribution in [1.29, 1.82) is 0 Å². The number of carbonyl (C=O) groups is 2. The lowest BCUT2D eigenvalue weighted by molar-refractivity contribution is -0.121. The van der Waals surface area contributed by atoms with Gasteiger partial charge in [-0.25, -0.2) is 5.43 Å². The fraction of sp³-hybridized carbons (Fsp3) is 0.438. The molecule has 0 atom stereocenters. The van der Waals surface area contributed by atoms with Crippen LogP contribution >= 0.6 is 0 Å². The topological polar surface area (TPSA) is 79.8 Å². The molecule has 6 nitrogen and oxygen atoms in total. The third kappa shape index (κ3) is 4.87. The molecule has 0 saturated carbocycles. The zero-order valence-electron chi connectivity index (χ0n) is 12.7. The highest BCUT2D eigenvalue weighted by atomic mass is 16.5. The summed E-state index contributed by atoms with van der Waals surface area (Å²) in [5.74, 6) is 0.432. The molecule has 1 heterocycles. The first kappa shape index (κ1) is 16.0. The van der Waals surface area contributed by atoms with E-state index in [0.29, 0.717) is 25.1 Å². The number of amides is 2. The summed E-state index contributed by atoms with van der Waals surface area (Å²) < 4.78 is 5.59. The molecule has 0 spiro atoms. The third-order valence-corrected chi connectivity index (χ3v) is 3.31. The molecule has 2 amide bonds. The number of benzene rings is 1. The van der Waals surface area contributed by atoms with Crippen LogP contribution in [-0.2, 0) is 16.1 Å². The summed E-state index contributed by atoms with van der Waals surface area (Å²) in [6.45, 7) is 3.26. The highest BCUT2D eigenvalue weighted by molar-refractivity contribution is 6.39. The number of hydrogen-bond donors (Lipinski definition) is 2. The highest BCUT2D eigenvalue weighted by Gasteiger charge is 2.17. The summed E-state index contributed by atoms with van der Waals surface area (Å²) in [4.78, 5) is 22.9. The molecule has 0 saturated heterocycles. The second-order valence-corrected chi connectivity index (χ2v) is 5.12. The van der Waals surface area contributed by atoms with Crippen molar-refractivity contribution in [3.63, 3.8) is 0 Å². The Morgan fingerprint density at radius 2 is 2.09 bits per heavy atom. The van der Waals surface area contributed by atoms with Crippen LogP contribution in [0.25, 0.3) is 0 Å². The molecule has 118 valence electrons. The normalized spacial score (nSPS) is 14.0. The number of carbonyl (C=O) groups excluding carboxylic acids is 2. The smallest absolute Gasteiger partial charge is 0.267 e. The van der Waals surface area contributed by atoms with Gasteiger partial charge in [0, 0.05) is 19.4 Å². The van der Waals surface area contributed by atoms with E-state index in [1.54, 1.807) is 0 Å². The van der Waals surface area contributed by atoms with E-state index in [9.17, 15) is 9.59 Å². The van der Waals surface area contributed by atoms with Gasteiger partial charge in [-0.15, -0.1) is 0 Å². The van der Waals surface area contributed by atoms with Crippen molar-refractivity contribution in [2.45, 2.75) is 39.2 Å². The lowest BCUT2D eigenvalue weighted by Gasteiger charge is -2.12. The van der Waals surface area contributed by atoms with E-state index in [0.717, 1.165) is 30.8 Å². The second kappa shape index (κ2) is 8.17. The Kier molecular flexibility index (Phi) is 5.94. The van der Waals surface area contributed by atoms with E-state index in [1.807, 2.05) is 24.3 Å². The van der Waals surface area contributed by atoms with Crippen molar-refractivity contribution in [2.75, 3.05) is 6.61 Å². The summed E-state index contributed by atoms with van der Waals surface area (Å²) >= 11 is 0. The second-order valence-electron chi connectivity index (χ2n) is 5.12. The zero-order chi connectivity index (χ0) is 15.8. The summed E-state index contributed by atoms with van der Waals surface area (Å²) in [6.07, 6.45) is 2.82. The number of hydrazone groups is 1. The van der Waals surface area contributed by atoms with Crippen molar-refractivity contribution in [2.24, 2.45) is 5.10 Å². The van der Waals surface area contributed by atoms with Crippen LogP contribution < -0.4 is 15.5 Å². The lowest BCUT2D eigenvalue weighted by Crippen LogP contribution is -2.36. The number of hydrogen-bond acceptors (Lipinski definition) is 4. The minimum atomic E-state index is -0.247. The van der Waals surface area contributed by atoms with Gasteiger partial charge in [-0.1, -0.05) is 25.5 Å². The van der Waals surface area contributed by atoms with Crippen LogP contribution in [0.3, 0.4) is 0 Å². The molecule has 0 radical (unpaired) electrons. The molecule has 1 aliphatic rings. The maximum Gasteiger partial charge on any atom is 0.267 e. The molecule has 0 unspecified atom stereocenters. The monoisotopic (exact) mass is 303 g/mol. The van der Waals surface area contributed by atoms with E-state index in [4.69, 9.17) is 4.74 Å². The molecule has 0 fully saturated rings. The first-order valence-corrected chi connectivity index (χ1v) is 7.54. The molecule has 22 heavy (non-hydrogen) atoms. The van der Waals surface area contributed by atoms with Crippen LogP contribution in [0.15, 0.2) is 29.4 Å². The van der Waals surface area contributed by atoms with Crippen molar-refractivity contribution < 1.29 is 14.3 Å². The van der Waals surface area contributed by atoms with E-state index in [1.165, 1.54) is 0 Å². The molecule has 1 aromatic rings. The van der Waals surface area contributed by atoms with Crippen molar-refractivity contribution in [3.8, 4) is 5.75 Å². The Labute approximate surface area is 129 Å². The van der Waals surface area contributed by atoms with E-state index in [2.05, 4.69) is 22.8 Å². The van der Waals surface area contributed by atoms with Gasteiger partial charge in [0.15, 0.2) is 0 Å². The number of ether oxygens (including phenoxy) is 1. The number of unbranched alkanes of at least 4 members (excludes halogenated alkanes) is 1. The van der Waals surface area contributed by atoms with Crippen LogP contribution in [0, 0.1) is 0 Å². The van der Waals surface area contributed by atoms with Gasteiger partial charge < -0.3 is 10.1 Å². The highest BCUT2D eigenvalue weighted by Crippen LogP contribution is 2.12. The molecule has 1 aliphatic heterocycles. The molecule has 1 aromatic carbocycles. The molecule has 2 rings (SSSR count). The Hall–Kier alpha value is -2.37. The Morgan fingerprint density at radius 1 is 1.32 bits per heavy atom. The molecular weight excluding hydrogens is 282 g/mol. The van der Waals surface area contributed by atoms with Crippen LogP contribution in [0.1, 0.15) is 38.2 Å². The average molecular weight is 303 g/mol. The predicted octanol–water partition coefficient (Wildman–Crippen LogP) is 1.75. The minimum absolute atomic E-state index is 0.157. The maximum atomic E-state index is 11.9. The van der Waals surface area contributed by atoms with E-state index in [-0.39, 0.29) is 11.8 Å². The van der Waals surface area contributed by atoms with Gasteiger partial charge in [-0.3, -0.25) is 9.59 Å². The van der Waals surface area contributed by atoms with Crippen LogP contribution in [0.2, 0.25) is 0 Å². The average Bonchev–Trinajstić information content (AvgIpc) is 2.55. The Balaban J connectivity index is 1.79. The predicted molar refractivity (Wildman–Crippen MR) is 83.5 cm³/mol. The fourth-order valence-electron chi connectivity index (χ4n) is 1.96. The molecule has 0 aliphatic carbocycles. The van der Waals surface area contributed by atoms with Gasteiger partial charge in [0.2, 0.25) is 5.91 Å². The van der Waals surface area contributed by atoms with E-state index < -0.39 is 0 Å². The minimum Gasteiger partial charge on any atom is -0.494 e. The molecular formula is C16H21N3O3. The van der Waals surface area contributed by atoms with Gasteiger partial charge in [0.05, 0.1) is 6.61 Å². The van der Waals surface area contributed by atoms with E-state index >= 15 is 0 Å². The Bertz CT molecular complexity index is 552. The fourth-order valence-corrected chi connectivity index (χ4v) is 1.96. The first-order valence-electron chi connectivity index (χ1n) is 7.54.